The highest BCUT2D eigenvalue weighted by Crippen LogP contribution is 2.26. The minimum absolute atomic E-state index is 0.00401. The number of benzene rings is 2. The highest BCUT2D eigenvalue weighted by atomic mass is 32.2. The van der Waals surface area contributed by atoms with Crippen molar-refractivity contribution in [3.05, 3.63) is 65.7 Å². The largest absolute Gasteiger partial charge is 0.348 e. The van der Waals surface area contributed by atoms with E-state index in [0.29, 0.717) is 11.7 Å². The molecule has 0 bridgehead atoms. The molecule has 0 aliphatic rings. The quantitative estimate of drug-likeness (QED) is 0.477. The predicted molar refractivity (Wildman–Crippen MR) is 123 cm³/mol. The molecule has 1 amide bonds. The number of nitrogens with one attached hydrogen (secondary N) is 1. The first-order valence-corrected chi connectivity index (χ1v) is 11.5. The zero-order valence-electron chi connectivity index (χ0n) is 18.1. The first-order chi connectivity index (χ1) is 14.5. The molecule has 1 atom stereocenters. The third kappa shape index (κ3) is 5.51. The Hall–Kier alpha value is -2.60. The van der Waals surface area contributed by atoms with Gasteiger partial charge < -0.3 is 9.88 Å². The molecule has 5 nitrogen and oxygen atoms in total. The van der Waals surface area contributed by atoms with Crippen molar-refractivity contribution < 1.29 is 4.79 Å². The first-order valence-electron chi connectivity index (χ1n) is 10.5. The molecule has 1 unspecified atom stereocenters. The molecule has 2 aromatic carbocycles. The lowest BCUT2D eigenvalue weighted by Gasteiger charge is -2.22. The molecule has 6 heteroatoms. The van der Waals surface area contributed by atoms with Gasteiger partial charge in [-0.15, -0.1) is 10.2 Å². The Morgan fingerprint density at radius 1 is 1.10 bits per heavy atom. The summed E-state index contributed by atoms with van der Waals surface area (Å²) in [6.45, 7) is 9.27. The van der Waals surface area contributed by atoms with Crippen molar-refractivity contribution in [1.82, 2.24) is 20.1 Å². The van der Waals surface area contributed by atoms with Gasteiger partial charge in [0.15, 0.2) is 11.0 Å². The molecule has 158 valence electrons. The molecule has 1 aromatic heterocycles. The van der Waals surface area contributed by atoms with Gasteiger partial charge in [-0.1, -0.05) is 86.6 Å². The molecule has 0 aliphatic carbocycles. The summed E-state index contributed by atoms with van der Waals surface area (Å²) >= 11 is 1.44. The average molecular weight is 423 g/mol. The van der Waals surface area contributed by atoms with Crippen molar-refractivity contribution in [2.75, 3.05) is 5.75 Å². The minimum Gasteiger partial charge on any atom is -0.348 e. The highest BCUT2D eigenvalue weighted by Gasteiger charge is 2.20. The lowest BCUT2D eigenvalue weighted by Crippen LogP contribution is -2.33. The zero-order chi connectivity index (χ0) is 21.5. The van der Waals surface area contributed by atoms with Crippen LogP contribution in [-0.2, 0) is 11.3 Å². The molecule has 0 fully saturated rings. The van der Waals surface area contributed by atoms with Crippen molar-refractivity contribution >= 4 is 17.7 Å². The number of carbonyl (C=O) groups excluding carboxylic acids is 1. The van der Waals surface area contributed by atoms with Crippen LogP contribution in [0.1, 0.15) is 44.4 Å². The fourth-order valence-corrected chi connectivity index (χ4v) is 4.23. The van der Waals surface area contributed by atoms with E-state index >= 15 is 0 Å². The van der Waals surface area contributed by atoms with Crippen molar-refractivity contribution in [2.24, 2.45) is 5.92 Å². The number of hydrogen-bond acceptors (Lipinski definition) is 4. The summed E-state index contributed by atoms with van der Waals surface area (Å²) in [4.78, 5) is 12.7. The summed E-state index contributed by atoms with van der Waals surface area (Å²) in [5.41, 5.74) is 3.37. The summed E-state index contributed by atoms with van der Waals surface area (Å²) in [6.07, 6.45) is 0.972. The summed E-state index contributed by atoms with van der Waals surface area (Å²) in [7, 11) is 0. The number of aryl methyl sites for hydroxylation is 1. The molecule has 1 N–H and O–H groups in total. The van der Waals surface area contributed by atoms with Gasteiger partial charge >= 0.3 is 0 Å². The van der Waals surface area contributed by atoms with E-state index in [2.05, 4.69) is 78.1 Å². The third-order valence-corrected chi connectivity index (χ3v) is 5.88. The maximum atomic E-state index is 12.7. The van der Waals surface area contributed by atoms with Gasteiger partial charge in [0.1, 0.15) is 0 Å². The SMILES string of the molecule is CCCn1c(SCC(=O)NC(c2ccccc2)C(C)C)nnc1-c1cccc(C)c1. The molecule has 0 radical (unpaired) electrons. The Bertz CT molecular complexity index is 968. The molecule has 0 aliphatic heterocycles. The van der Waals surface area contributed by atoms with Gasteiger partial charge in [0.2, 0.25) is 5.91 Å². The maximum Gasteiger partial charge on any atom is 0.230 e. The minimum atomic E-state index is -0.00401. The zero-order valence-corrected chi connectivity index (χ0v) is 18.9. The van der Waals surface area contributed by atoms with Crippen LogP contribution in [0.3, 0.4) is 0 Å². The second-order valence-electron chi connectivity index (χ2n) is 7.82. The van der Waals surface area contributed by atoms with E-state index in [-0.39, 0.29) is 11.9 Å². The van der Waals surface area contributed by atoms with Gasteiger partial charge in [0.05, 0.1) is 11.8 Å². The summed E-state index contributed by atoms with van der Waals surface area (Å²) < 4.78 is 2.11. The Morgan fingerprint density at radius 2 is 1.87 bits per heavy atom. The number of rotatable bonds is 9. The Labute approximate surface area is 183 Å². The molecule has 0 saturated heterocycles. The highest BCUT2D eigenvalue weighted by molar-refractivity contribution is 7.99. The van der Waals surface area contributed by atoms with Crippen molar-refractivity contribution in [1.29, 1.82) is 0 Å². The number of thioether (sulfide) groups is 1. The van der Waals surface area contributed by atoms with Crippen LogP contribution in [0.25, 0.3) is 11.4 Å². The fourth-order valence-electron chi connectivity index (χ4n) is 3.46. The monoisotopic (exact) mass is 422 g/mol. The van der Waals surface area contributed by atoms with Gasteiger partial charge in [0, 0.05) is 12.1 Å². The van der Waals surface area contributed by atoms with Crippen LogP contribution in [0.2, 0.25) is 0 Å². The molecule has 3 rings (SSSR count). The summed E-state index contributed by atoms with van der Waals surface area (Å²) in [5, 5.41) is 12.8. The standard InChI is InChI=1S/C24H30N4OS/c1-5-14-28-23(20-13-9-10-18(4)15-20)26-27-24(28)30-16-21(29)25-22(17(2)3)19-11-7-6-8-12-19/h6-13,15,17,22H,5,14,16H2,1-4H3,(H,25,29). The van der Waals surface area contributed by atoms with Gasteiger partial charge in [-0.05, 0) is 30.9 Å². The van der Waals surface area contributed by atoms with Crippen LogP contribution in [0.4, 0.5) is 0 Å². The number of hydrogen-bond donors (Lipinski definition) is 1. The molecule has 3 aromatic rings. The first kappa shape index (κ1) is 22.1. The van der Waals surface area contributed by atoms with Crippen LogP contribution in [0.5, 0.6) is 0 Å². The van der Waals surface area contributed by atoms with Gasteiger partial charge in [-0.2, -0.15) is 0 Å². The van der Waals surface area contributed by atoms with Gasteiger partial charge in [-0.25, -0.2) is 0 Å². The number of aromatic nitrogens is 3. The second-order valence-corrected chi connectivity index (χ2v) is 8.76. The van der Waals surface area contributed by atoms with E-state index in [1.54, 1.807) is 0 Å². The predicted octanol–water partition coefficient (Wildman–Crippen LogP) is 5.27. The van der Waals surface area contributed by atoms with E-state index in [9.17, 15) is 4.79 Å². The van der Waals surface area contributed by atoms with Crippen molar-refractivity contribution in [2.45, 2.75) is 51.9 Å². The topological polar surface area (TPSA) is 59.8 Å². The van der Waals surface area contributed by atoms with Crippen LogP contribution < -0.4 is 5.32 Å². The van der Waals surface area contributed by atoms with E-state index < -0.39 is 0 Å². The second kappa shape index (κ2) is 10.4. The Morgan fingerprint density at radius 3 is 2.53 bits per heavy atom. The van der Waals surface area contributed by atoms with Crippen LogP contribution in [-0.4, -0.2) is 26.4 Å². The third-order valence-electron chi connectivity index (χ3n) is 4.91. The Kier molecular flexibility index (Phi) is 7.69. The average Bonchev–Trinajstić information content (AvgIpc) is 3.14. The number of nitrogens with zero attached hydrogens (tertiary/aromatic N) is 3. The molecule has 30 heavy (non-hydrogen) atoms. The van der Waals surface area contributed by atoms with Gasteiger partial charge in [-0.3, -0.25) is 4.79 Å². The van der Waals surface area contributed by atoms with E-state index in [1.165, 1.54) is 17.3 Å². The lowest BCUT2D eigenvalue weighted by molar-refractivity contribution is -0.119. The molecular weight excluding hydrogens is 392 g/mol. The fraction of sp³-hybridized carbons (Fsp3) is 0.375. The smallest absolute Gasteiger partial charge is 0.230 e. The maximum absolute atomic E-state index is 12.7. The van der Waals surface area contributed by atoms with E-state index in [4.69, 9.17) is 0 Å². The van der Waals surface area contributed by atoms with Crippen LogP contribution in [0.15, 0.2) is 59.8 Å². The van der Waals surface area contributed by atoms with E-state index in [0.717, 1.165) is 35.1 Å². The van der Waals surface area contributed by atoms with Crippen molar-refractivity contribution in [3.8, 4) is 11.4 Å². The Balaban J connectivity index is 1.71. The summed E-state index contributed by atoms with van der Waals surface area (Å²) in [6, 6.07) is 18.4. The lowest BCUT2D eigenvalue weighted by atomic mass is 9.96. The molecule has 0 spiro atoms. The summed E-state index contributed by atoms with van der Waals surface area (Å²) in [5.74, 6) is 1.47. The van der Waals surface area contributed by atoms with Crippen molar-refractivity contribution in [3.63, 3.8) is 0 Å². The van der Waals surface area contributed by atoms with Crippen LogP contribution >= 0.6 is 11.8 Å². The molecular formula is C24H30N4OS. The van der Waals surface area contributed by atoms with Gasteiger partial charge in [0.25, 0.3) is 0 Å². The van der Waals surface area contributed by atoms with E-state index in [1.807, 2.05) is 24.3 Å². The number of carbonyl (C=O) groups is 1. The molecule has 1 heterocycles. The van der Waals surface area contributed by atoms with Crippen LogP contribution in [0, 0.1) is 12.8 Å². The normalized spacial score (nSPS) is 12.2. The molecule has 0 saturated carbocycles. The number of amides is 1.